The molecule has 4 aromatic rings. The van der Waals surface area contributed by atoms with Gasteiger partial charge in [-0.05, 0) is 73.2 Å². The fourth-order valence-electron chi connectivity index (χ4n) is 6.15. The van der Waals surface area contributed by atoms with Gasteiger partial charge in [0.05, 0.1) is 10.6 Å². The van der Waals surface area contributed by atoms with Crippen LogP contribution < -0.4 is 9.62 Å². The van der Waals surface area contributed by atoms with Crippen LogP contribution in [0.2, 0.25) is 5.02 Å². The predicted molar refractivity (Wildman–Crippen MR) is 188 cm³/mol. The van der Waals surface area contributed by atoms with Crippen molar-refractivity contribution in [1.82, 2.24) is 10.2 Å². The molecule has 1 atom stereocenters. The average molecular weight is 672 g/mol. The number of anilines is 1. The molecule has 1 saturated carbocycles. The van der Waals surface area contributed by atoms with Crippen molar-refractivity contribution in [3.8, 4) is 0 Å². The van der Waals surface area contributed by atoms with Gasteiger partial charge in [-0.15, -0.1) is 0 Å². The summed E-state index contributed by atoms with van der Waals surface area (Å²) in [6.45, 7) is 3.28. The van der Waals surface area contributed by atoms with Gasteiger partial charge < -0.3 is 10.2 Å². The molecule has 0 unspecified atom stereocenters. The highest BCUT2D eigenvalue weighted by Crippen LogP contribution is 2.30. The Bertz CT molecular complexity index is 1780. The van der Waals surface area contributed by atoms with Crippen LogP contribution in [0.5, 0.6) is 0 Å². The molecule has 2 amide bonds. The van der Waals surface area contributed by atoms with Gasteiger partial charge in [0, 0.05) is 24.0 Å². The van der Waals surface area contributed by atoms with Gasteiger partial charge in [-0.3, -0.25) is 13.9 Å². The smallest absolute Gasteiger partial charge is 0.264 e. The van der Waals surface area contributed by atoms with Gasteiger partial charge in [0.2, 0.25) is 11.8 Å². The highest BCUT2D eigenvalue weighted by Gasteiger charge is 2.36. The maximum absolute atomic E-state index is 14.7. The molecule has 9 heteroatoms. The Morgan fingerprint density at radius 2 is 1.47 bits per heavy atom. The van der Waals surface area contributed by atoms with E-state index >= 15 is 0 Å². The molecule has 1 N–H and O–H groups in total. The zero-order chi connectivity index (χ0) is 33.4. The van der Waals surface area contributed by atoms with Crippen molar-refractivity contribution in [2.24, 2.45) is 0 Å². The molecule has 0 aliphatic heterocycles. The Hall–Kier alpha value is -4.14. The monoisotopic (exact) mass is 671 g/mol. The van der Waals surface area contributed by atoms with Crippen LogP contribution in [0.25, 0.3) is 0 Å². The van der Waals surface area contributed by atoms with E-state index in [0.29, 0.717) is 16.3 Å². The van der Waals surface area contributed by atoms with Crippen molar-refractivity contribution in [3.63, 3.8) is 0 Å². The fourth-order valence-corrected chi connectivity index (χ4v) is 7.84. The molecule has 1 aliphatic carbocycles. The number of carbonyl (C=O) groups is 2. The minimum absolute atomic E-state index is 0.0247. The van der Waals surface area contributed by atoms with E-state index in [2.05, 4.69) is 5.32 Å². The Balaban J connectivity index is 1.59. The molecule has 0 radical (unpaired) electrons. The van der Waals surface area contributed by atoms with Crippen LogP contribution in [-0.2, 0) is 32.6 Å². The molecule has 0 spiro atoms. The zero-order valence-electron chi connectivity index (χ0n) is 26.9. The number of carbonyl (C=O) groups excluding carboxylic acids is 2. The third-order valence-corrected chi connectivity index (χ3v) is 11.1. The third kappa shape index (κ3) is 8.42. The van der Waals surface area contributed by atoms with Crippen LogP contribution in [0.15, 0.2) is 108 Å². The summed E-state index contributed by atoms with van der Waals surface area (Å²) in [5, 5.41) is 3.69. The van der Waals surface area contributed by atoms with Gasteiger partial charge in [0.15, 0.2) is 0 Å². The first kappa shape index (κ1) is 34.2. The van der Waals surface area contributed by atoms with Crippen LogP contribution in [0.1, 0.15) is 54.4 Å². The van der Waals surface area contributed by atoms with Crippen LogP contribution in [-0.4, -0.2) is 43.8 Å². The minimum Gasteiger partial charge on any atom is -0.352 e. The molecule has 0 aromatic heterocycles. The minimum atomic E-state index is -4.17. The van der Waals surface area contributed by atoms with Crippen molar-refractivity contribution in [1.29, 1.82) is 0 Å². The number of benzene rings is 4. The zero-order valence-corrected chi connectivity index (χ0v) is 28.5. The number of nitrogens with one attached hydrogen (secondary N) is 1. The molecular formula is C38H42ClN3O4S. The summed E-state index contributed by atoms with van der Waals surface area (Å²) in [5.41, 5.74) is 3.59. The van der Waals surface area contributed by atoms with Crippen molar-refractivity contribution in [3.05, 3.63) is 130 Å². The Kier molecular flexibility index (Phi) is 11.4. The molecule has 246 valence electrons. The number of hydrogen-bond donors (Lipinski definition) is 1. The lowest BCUT2D eigenvalue weighted by atomic mass is 9.94. The van der Waals surface area contributed by atoms with Crippen molar-refractivity contribution < 1.29 is 18.0 Å². The highest BCUT2D eigenvalue weighted by atomic mass is 35.5. The van der Waals surface area contributed by atoms with E-state index in [9.17, 15) is 18.0 Å². The molecule has 0 bridgehead atoms. The van der Waals surface area contributed by atoms with Crippen LogP contribution in [0.3, 0.4) is 0 Å². The number of sulfonamides is 1. The molecule has 5 rings (SSSR count). The summed E-state index contributed by atoms with van der Waals surface area (Å²) < 4.78 is 29.7. The van der Waals surface area contributed by atoms with Crippen molar-refractivity contribution in [2.75, 3.05) is 10.8 Å². The maximum atomic E-state index is 14.7. The number of hydrogen-bond acceptors (Lipinski definition) is 4. The summed E-state index contributed by atoms with van der Waals surface area (Å²) in [4.78, 5) is 30.6. The third-order valence-electron chi connectivity index (χ3n) is 8.98. The lowest BCUT2D eigenvalue weighted by Gasteiger charge is -2.35. The van der Waals surface area contributed by atoms with E-state index in [1.165, 1.54) is 21.3 Å². The number of halogens is 1. The topological polar surface area (TPSA) is 86.8 Å². The van der Waals surface area contributed by atoms with E-state index < -0.39 is 28.5 Å². The van der Waals surface area contributed by atoms with Crippen LogP contribution >= 0.6 is 11.6 Å². The van der Waals surface area contributed by atoms with Gasteiger partial charge in [0.1, 0.15) is 12.6 Å². The summed E-state index contributed by atoms with van der Waals surface area (Å²) >= 11 is 6.62. The van der Waals surface area contributed by atoms with Gasteiger partial charge in [-0.25, -0.2) is 8.42 Å². The normalized spacial score (nSPS) is 14.3. The molecular weight excluding hydrogens is 630 g/mol. The average Bonchev–Trinajstić information content (AvgIpc) is 3.08. The van der Waals surface area contributed by atoms with Gasteiger partial charge in [-0.2, -0.15) is 0 Å². The molecule has 1 fully saturated rings. The maximum Gasteiger partial charge on any atom is 0.264 e. The second-order valence-electron chi connectivity index (χ2n) is 12.2. The van der Waals surface area contributed by atoms with Crippen LogP contribution in [0.4, 0.5) is 5.69 Å². The second-order valence-corrected chi connectivity index (χ2v) is 14.5. The summed E-state index contributed by atoms with van der Waals surface area (Å²) in [6, 6.07) is 29.4. The molecule has 47 heavy (non-hydrogen) atoms. The van der Waals surface area contributed by atoms with E-state index in [1.54, 1.807) is 36.4 Å². The second kappa shape index (κ2) is 15.6. The molecule has 7 nitrogen and oxygen atoms in total. The number of nitrogens with zero attached hydrogens (tertiary/aromatic N) is 2. The molecule has 4 aromatic carbocycles. The largest absolute Gasteiger partial charge is 0.352 e. The first-order chi connectivity index (χ1) is 22.6. The van der Waals surface area contributed by atoms with Crippen LogP contribution in [0, 0.1) is 13.8 Å². The van der Waals surface area contributed by atoms with E-state index in [1.807, 2.05) is 68.4 Å². The quantitative estimate of drug-likeness (QED) is 0.172. The number of amides is 2. The van der Waals surface area contributed by atoms with E-state index in [4.69, 9.17) is 11.6 Å². The predicted octanol–water partition coefficient (Wildman–Crippen LogP) is 7.24. The SMILES string of the molecule is Cc1cccc(N(CC(=O)N(Cc2ccccc2Cl)[C@@H](Cc2ccccc2)C(=O)NC2CCCCC2)S(=O)(=O)c2ccccc2)c1C. The van der Waals surface area contributed by atoms with Gasteiger partial charge >= 0.3 is 0 Å². The van der Waals surface area contributed by atoms with Crippen molar-refractivity contribution in [2.45, 2.75) is 75.9 Å². The van der Waals surface area contributed by atoms with E-state index in [-0.39, 0.29) is 29.8 Å². The lowest BCUT2D eigenvalue weighted by molar-refractivity contribution is -0.140. The first-order valence-corrected chi connectivity index (χ1v) is 18.0. The number of aryl methyl sites for hydroxylation is 1. The molecule has 0 saturated heterocycles. The lowest BCUT2D eigenvalue weighted by Crippen LogP contribution is -2.55. The standard InChI is InChI=1S/C38H42ClN3O4S/c1-28-15-14-24-35(29(28)2)42(47(45,46)33-21-10-5-11-22-33)27-37(43)41(26-31-18-12-13-23-34(31)39)36(25-30-16-6-3-7-17-30)38(44)40-32-19-8-4-9-20-32/h3,5-7,10-18,21-24,32,36H,4,8-9,19-20,25-27H2,1-2H3,(H,40,44)/t36-/m0/s1. The molecule has 1 aliphatic rings. The highest BCUT2D eigenvalue weighted by molar-refractivity contribution is 7.92. The summed E-state index contributed by atoms with van der Waals surface area (Å²) in [7, 11) is -4.17. The fraction of sp³-hybridized carbons (Fsp3) is 0.316. The van der Waals surface area contributed by atoms with E-state index in [0.717, 1.165) is 48.8 Å². The van der Waals surface area contributed by atoms with Gasteiger partial charge in [0.25, 0.3) is 10.0 Å². The summed E-state index contributed by atoms with van der Waals surface area (Å²) in [6.07, 6.45) is 5.25. The number of rotatable bonds is 12. The Labute approximate surface area is 283 Å². The molecule has 0 heterocycles. The Morgan fingerprint density at radius 3 is 2.15 bits per heavy atom. The van der Waals surface area contributed by atoms with Gasteiger partial charge in [-0.1, -0.05) is 110 Å². The summed E-state index contributed by atoms with van der Waals surface area (Å²) in [5.74, 6) is -0.768. The Morgan fingerprint density at radius 1 is 0.830 bits per heavy atom. The first-order valence-electron chi connectivity index (χ1n) is 16.2. The van der Waals surface area contributed by atoms with Crippen molar-refractivity contribution >= 4 is 39.1 Å².